The van der Waals surface area contributed by atoms with Gasteiger partial charge in [0.15, 0.2) is 11.0 Å². The summed E-state index contributed by atoms with van der Waals surface area (Å²) in [5.74, 6) is 1.02. The molecule has 1 saturated heterocycles. The van der Waals surface area contributed by atoms with Gasteiger partial charge in [-0.05, 0) is 50.2 Å². The summed E-state index contributed by atoms with van der Waals surface area (Å²) in [5.41, 5.74) is 1.51. The second kappa shape index (κ2) is 8.42. The second-order valence-electron chi connectivity index (χ2n) is 6.54. The maximum absolute atomic E-state index is 14.1. The molecule has 0 radical (unpaired) electrons. The number of nitrogens with zero attached hydrogens (tertiary/aromatic N) is 4. The van der Waals surface area contributed by atoms with Gasteiger partial charge in [0.05, 0.1) is 6.54 Å². The van der Waals surface area contributed by atoms with Crippen LogP contribution in [0.1, 0.15) is 24.2 Å². The van der Waals surface area contributed by atoms with E-state index in [1.54, 1.807) is 12.1 Å². The summed E-state index contributed by atoms with van der Waals surface area (Å²) < 4.78 is 16.2. The van der Waals surface area contributed by atoms with Gasteiger partial charge < -0.3 is 0 Å². The number of hydrogen-bond acceptors (Lipinski definition) is 4. The Bertz CT molecular complexity index is 889. The van der Waals surface area contributed by atoms with E-state index >= 15 is 0 Å². The number of para-hydroxylation sites is 1. The van der Waals surface area contributed by atoms with Crippen LogP contribution in [0.4, 0.5) is 4.39 Å². The summed E-state index contributed by atoms with van der Waals surface area (Å²) in [7, 11) is 0. The van der Waals surface area contributed by atoms with Gasteiger partial charge in [0, 0.05) is 22.0 Å². The number of halogens is 2. The molecule has 2 aromatic carbocycles. The number of likely N-dealkylation sites (tertiary alicyclic amines) is 1. The van der Waals surface area contributed by atoms with Crippen LogP contribution >= 0.6 is 23.4 Å². The lowest BCUT2D eigenvalue weighted by Gasteiger charge is -2.16. The van der Waals surface area contributed by atoms with Crippen molar-refractivity contribution >= 4 is 23.4 Å². The first kappa shape index (κ1) is 18.5. The zero-order valence-electron chi connectivity index (χ0n) is 14.8. The molecular weight excluding hydrogens is 383 g/mol. The molecule has 1 aromatic heterocycles. The zero-order valence-corrected chi connectivity index (χ0v) is 16.4. The SMILES string of the molecule is Fc1cccc(Cl)c1CSc1nnc(CN2CCCC2)n1-c1ccccc1. The monoisotopic (exact) mass is 402 g/mol. The minimum absolute atomic E-state index is 0.293. The molecule has 4 rings (SSSR count). The molecule has 7 heteroatoms. The molecule has 0 saturated carbocycles. The van der Waals surface area contributed by atoms with Gasteiger partial charge in [0.1, 0.15) is 5.82 Å². The summed E-state index contributed by atoms with van der Waals surface area (Å²) in [6.07, 6.45) is 2.46. The van der Waals surface area contributed by atoms with Crippen LogP contribution < -0.4 is 0 Å². The van der Waals surface area contributed by atoms with Gasteiger partial charge in [0.2, 0.25) is 0 Å². The fourth-order valence-corrected chi connectivity index (χ4v) is 4.59. The van der Waals surface area contributed by atoms with Crippen molar-refractivity contribution in [3.63, 3.8) is 0 Å². The first-order valence-corrected chi connectivity index (χ1v) is 10.4. The molecule has 140 valence electrons. The molecule has 3 aromatic rings. The highest BCUT2D eigenvalue weighted by Gasteiger charge is 2.20. The van der Waals surface area contributed by atoms with Crippen molar-refractivity contribution in [2.24, 2.45) is 0 Å². The van der Waals surface area contributed by atoms with Crippen molar-refractivity contribution in [2.45, 2.75) is 30.3 Å². The van der Waals surface area contributed by atoms with Gasteiger partial charge >= 0.3 is 0 Å². The molecular formula is C20H20ClFN4S. The first-order chi connectivity index (χ1) is 13.2. The van der Waals surface area contributed by atoms with Crippen molar-refractivity contribution in [1.29, 1.82) is 0 Å². The zero-order chi connectivity index (χ0) is 18.6. The lowest BCUT2D eigenvalue weighted by Crippen LogP contribution is -2.21. The number of benzene rings is 2. The molecule has 1 aliphatic heterocycles. The average molecular weight is 403 g/mol. The van der Waals surface area contributed by atoms with E-state index in [9.17, 15) is 4.39 Å². The minimum atomic E-state index is -0.293. The Morgan fingerprint density at radius 2 is 1.78 bits per heavy atom. The van der Waals surface area contributed by atoms with E-state index in [2.05, 4.69) is 19.7 Å². The van der Waals surface area contributed by atoms with Crippen LogP contribution in [0.2, 0.25) is 5.02 Å². The Kier molecular flexibility index (Phi) is 5.76. The molecule has 2 heterocycles. The van der Waals surface area contributed by atoms with E-state index in [1.807, 2.05) is 30.3 Å². The Balaban J connectivity index is 1.62. The van der Waals surface area contributed by atoms with Crippen molar-refractivity contribution in [1.82, 2.24) is 19.7 Å². The van der Waals surface area contributed by atoms with Crippen LogP contribution in [0.5, 0.6) is 0 Å². The van der Waals surface area contributed by atoms with Crippen molar-refractivity contribution in [3.05, 3.63) is 70.8 Å². The summed E-state index contributed by atoms with van der Waals surface area (Å²) in [6, 6.07) is 14.8. The van der Waals surface area contributed by atoms with E-state index in [-0.39, 0.29) is 5.82 Å². The van der Waals surface area contributed by atoms with Gasteiger partial charge in [-0.3, -0.25) is 9.47 Å². The highest BCUT2D eigenvalue weighted by Crippen LogP contribution is 2.30. The largest absolute Gasteiger partial charge is 0.296 e. The van der Waals surface area contributed by atoms with Gasteiger partial charge in [-0.1, -0.05) is 47.6 Å². The number of hydrogen-bond donors (Lipinski definition) is 0. The predicted octanol–water partition coefficient (Wildman–Crippen LogP) is 4.95. The lowest BCUT2D eigenvalue weighted by atomic mass is 10.2. The van der Waals surface area contributed by atoms with Gasteiger partial charge in [0.25, 0.3) is 0 Å². The fourth-order valence-electron chi connectivity index (χ4n) is 3.28. The van der Waals surface area contributed by atoms with E-state index < -0.39 is 0 Å². The van der Waals surface area contributed by atoms with Crippen molar-refractivity contribution in [3.8, 4) is 5.69 Å². The first-order valence-electron chi connectivity index (χ1n) is 9.00. The van der Waals surface area contributed by atoms with E-state index in [0.29, 0.717) is 16.3 Å². The maximum atomic E-state index is 14.1. The van der Waals surface area contributed by atoms with Crippen LogP contribution in [-0.2, 0) is 12.3 Å². The summed E-state index contributed by atoms with van der Waals surface area (Å²) in [6.45, 7) is 2.95. The highest BCUT2D eigenvalue weighted by molar-refractivity contribution is 7.98. The molecule has 0 atom stereocenters. The van der Waals surface area contributed by atoms with Crippen LogP contribution in [0.15, 0.2) is 53.7 Å². The van der Waals surface area contributed by atoms with Crippen LogP contribution in [0.3, 0.4) is 0 Å². The quantitative estimate of drug-likeness (QED) is 0.546. The van der Waals surface area contributed by atoms with Crippen molar-refractivity contribution in [2.75, 3.05) is 13.1 Å². The smallest absolute Gasteiger partial charge is 0.196 e. The average Bonchev–Trinajstić information content (AvgIpc) is 3.32. The molecule has 27 heavy (non-hydrogen) atoms. The molecule has 0 amide bonds. The highest BCUT2D eigenvalue weighted by atomic mass is 35.5. The normalized spacial score (nSPS) is 14.7. The Morgan fingerprint density at radius 1 is 1.00 bits per heavy atom. The number of aromatic nitrogens is 3. The predicted molar refractivity (Wildman–Crippen MR) is 107 cm³/mol. The minimum Gasteiger partial charge on any atom is -0.296 e. The maximum Gasteiger partial charge on any atom is 0.196 e. The molecule has 0 unspecified atom stereocenters. The number of thioether (sulfide) groups is 1. The fraction of sp³-hybridized carbons (Fsp3) is 0.300. The molecule has 0 bridgehead atoms. The molecule has 0 spiro atoms. The standard InChI is InChI=1S/C20H20ClFN4S/c21-17-9-6-10-18(22)16(17)14-27-20-24-23-19(13-25-11-4-5-12-25)26(20)15-7-2-1-3-8-15/h1-3,6-10H,4-5,11-14H2. The molecule has 1 fully saturated rings. The Labute approximate surface area is 167 Å². The summed E-state index contributed by atoms with van der Waals surface area (Å²) in [5, 5.41) is 10.0. The topological polar surface area (TPSA) is 34.0 Å². The third-order valence-electron chi connectivity index (χ3n) is 4.69. The van der Waals surface area contributed by atoms with Crippen LogP contribution in [-0.4, -0.2) is 32.8 Å². The van der Waals surface area contributed by atoms with E-state index in [0.717, 1.165) is 36.3 Å². The Morgan fingerprint density at radius 3 is 2.52 bits per heavy atom. The second-order valence-corrected chi connectivity index (χ2v) is 7.89. The number of rotatable bonds is 6. The van der Waals surface area contributed by atoms with E-state index in [1.165, 1.54) is 30.7 Å². The summed E-state index contributed by atoms with van der Waals surface area (Å²) >= 11 is 7.62. The van der Waals surface area contributed by atoms with Gasteiger partial charge in [-0.25, -0.2) is 4.39 Å². The molecule has 0 N–H and O–H groups in total. The third kappa shape index (κ3) is 4.18. The molecule has 4 nitrogen and oxygen atoms in total. The summed E-state index contributed by atoms with van der Waals surface area (Å²) in [4.78, 5) is 2.39. The third-order valence-corrected chi connectivity index (χ3v) is 6.00. The van der Waals surface area contributed by atoms with Crippen LogP contribution in [0.25, 0.3) is 5.69 Å². The lowest BCUT2D eigenvalue weighted by molar-refractivity contribution is 0.319. The van der Waals surface area contributed by atoms with Gasteiger partial charge in [-0.2, -0.15) is 0 Å². The van der Waals surface area contributed by atoms with E-state index in [4.69, 9.17) is 11.6 Å². The molecule has 1 aliphatic rings. The van der Waals surface area contributed by atoms with Crippen molar-refractivity contribution < 1.29 is 4.39 Å². The Hall–Kier alpha value is -1.89. The van der Waals surface area contributed by atoms with Crippen LogP contribution in [0, 0.1) is 5.82 Å². The molecule has 0 aliphatic carbocycles. The van der Waals surface area contributed by atoms with Gasteiger partial charge in [-0.15, -0.1) is 10.2 Å².